The zero-order chi connectivity index (χ0) is 17.5. The van der Waals surface area contributed by atoms with Crippen LogP contribution in [0.1, 0.15) is 28.3 Å². The van der Waals surface area contributed by atoms with Crippen molar-refractivity contribution in [3.05, 3.63) is 70.8 Å². The third-order valence-corrected chi connectivity index (χ3v) is 3.76. The van der Waals surface area contributed by atoms with E-state index < -0.39 is 17.9 Å². The SMILES string of the molecule is Cc1ccc(C(NC(=O)COCc2ccccc2)C(=O)O)cc1C. The van der Waals surface area contributed by atoms with Crippen molar-refractivity contribution in [3.63, 3.8) is 0 Å². The first-order chi connectivity index (χ1) is 11.5. The number of hydrogen-bond acceptors (Lipinski definition) is 3. The quantitative estimate of drug-likeness (QED) is 0.820. The highest BCUT2D eigenvalue weighted by atomic mass is 16.5. The van der Waals surface area contributed by atoms with E-state index in [4.69, 9.17) is 4.74 Å². The molecule has 2 aromatic rings. The standard InChI is InChI=1S/C19H21NO4/c1-13-8-9-16(10-14(13)2)18(19(22)23)20-17(21)12-24-11-15-6-4-3-5-7-15/h3-10,18H,11-12H2,1-2H3,(H,20,21)(H,22,23). The third-order valence-electron chi connectivity index (χ3n) is 3.76. The largest absolute Gasteiger partial charge is 0.479 e. The lowest BCUT2D eigenvalue weighted by Gasteiger charge is -2.16. The normalized spacial score (nSPS) is 11.8. The number of benzene rings is 2. The van der Waals surface area contributed by atoms with Crippen molar-refractivity contribution < 1.29 is 19.4 Å². The van der Waals surface area contributed by atoms with Crippen LogP contribution in [0.5, 0.6) is 0 Å². The molecule has 0 aliphatic carbocycles. The maximum absolute atomic E-state index is 12.0. The van der Waals surface area contributed by atoms with Crippen molar-refractivity contribution in [1.29, 1.82) is 0 Å². The summed E-state index contributed by atoms with van der Waals surface area (Å²) < 4.78 is 5.34. The average Bonchev–Trinajstić information content (AvgIpc) is 2.56. The number of rotatable bonds is 7. The van der Waals surface area contributed by atoms with Crippen molar-refractivity contribution >= 4 is 11.9 Å². The van der Waals surface area contributed by atoms with Gasteiger partial charge in [-0.3, -0.25) is 4.79 Å². The number of hydrogen-bond donors (Lipinski definition) is 2. The zero-order valence-electron chi connectivity index (χ0n) is 13.8. The van der Waals surface area contributed by atoms with Crippen molar-refractivity contribution in [2.24, 2.45) is 0 Å². The molecule has 0 saturated carbocycles. The minimum Gasteiger partial charge on any atom is -0.479 e. The Morgan fingerprint density at radius 1 is 1.08 bits per heavy atom. The Hall–Kier alpha value is -2.66. The van der Waals surface area contributed by atoms with E-state index in [1.807, 2.05) is 50.2 Å². The molecule has 0 bridgehead atoms. The summed E-state index contributed by atoms with van der Waals surface area (Å²) in [7, 11) is 0. The van der Waals surface area contributed by atoms with Crippen molar-refractivity contribution in [2.45, 2.75) is 26.5 Å². The lowest BCUT2D eigenvalue weighted by Crippen LogP contribution is -2.36. The molecule has 0 heterocycles. The first-order valence-electron chi connectivity index (χ1n) is 7.68. The molecule has 5 nitrogen and oxygen atoms in total. The van der Waals surface area contributed by atoms with Gasteiger partial charge in [0.25, 0.3) is 0 Å². The molecule has 24 heavy (non-hydrogen) atoms. The minimum absolute atomic E-state index is 0.191. The van der Waals surface area contributed by atoms with Crippen LogP contribution < -0.4 is 5.32 Å². The maximum Gasteiger partial charge on any atom is 0.330 e. The van der Waals surface area contributed by atoms with Crippen LogP contribution in [0.15, 0.2) is 48.5 Å². The van der Waals surface area contributed by atoms with Crippen molar-refractivity contribution in [1.82, 2.24) is 5.32 Å². The predicted molar refractivity (Wildman–Crippen MR) is 90.5 cm³/mol. The molecule has 0 aliphatic rings. The molecule has 0 spiro atoms. The van der Waals surface area contributed by atoms with Crippen LogP contribution in [0.4, 0.5) is 0 Å². The summed E-state index contributed by atoms with van der Waals surface area (Å²) in [5, 5.41) is 11.9. The number of nitrogens with one attached hydrogen (secondary N) is 1. The Balaban J connectivity index is 1.93. The van der Waals surface area contributed by atoms with E-state index >= 15 is 0 Å². The van der Waals surface area contributed by atoms with E-state index in [2.05, 4.69) is 5.32 Å². The summed E-state index contributed by atoms with van der Waals surface area (Å²) >= 11 is 0. The van der Waals surface area contributed by atoms with E-state index in [0.29, 0.717) is 12.2 Å². The molecule has 1 atom stereocenters. The van der Waals surface area contributed by atoms with E-state index in [9.17, 15) is 14.7 Å². The number of aliphatic carboxylic acids is 1. The number of carbonyl (C=O) groups excluding carboxylic acids is 1. The van der Waals surface area contributed by atoms with Gasteiger partial charge in [-0.15, -0.1) is 0 Å². The summed E-state index contributed by atoms with van der Waals surface area (Å²) in [4.78, 5) is 23.4. The van der Waals surface area contributed by atoms with Gasteiger partial charge >= 0.3 is 5.97 Å². The average molecular weight is 327 g/mol. The van der Waals surface area contributed by atoms with Gasteiger partial charge in [-0.1, -0.05) is 48.5 Å². The van der Waals surface area contributed by atoms with Crippen molar-refractivity contribution in [2.75, 3.05) is 6.61 Å². The summed E-state index contributed by atoms with van der Waals surface area (Å²) in [5.74, 6) is -1.56. The topological polar surface area (TPSA) is 75.6 Å². The van der Waals surface area contributed by atoms with Crippen LogP contribution in [0, 0.1) is 13.8 Å². The van der Waals surface area contributed by atoms with Crippen LogP contribution >= 0.6 is 0 Å². The number of carboxylic acids is 1. The van der Waals surface area contributed by atoms with Crippen LogP contribution in [0.2, 0.25) is 0 Å². The molecule has 2 aromatic carbocycles. The van der Waals surface area contributed by atoms with Crippen LogP contribution in [0.3, 0.4) is 0 Å². The van der Waals surface area contributed by atoms with Gasteiger partial charge in [0.05, 0.1) is 6.61 Å². The first-order valence-corrected chi connectivity index (χ1v) is 7.68. The fourth-order valence-corrected chi connectivity index (χ4v) is 2.27. The van der Waals surface area contributed by atoms with Crippen LogP contribution in [-0.2, 0) is 20.9 Å². The Morgan fingerprint density at radius 2 is 1.79 bits per heavy atom. The van der Waals surface area contributed by atoms with Gasteiger partial charge in [-0.25, -0.2) is 4.79 Å². The number of ether oxygens (including phenoxy) is 1. The molecule has 0 fully saturated rings. The number of carbonyl (C=O) groups is 2. The fraction of sp³-hybridized carbons (Fsp3) is 0.263. The zero-order valence-corrected chi connectivity index (χ0v) is 13.8. The minimum atomic E-state index is -1.10. The molecule has 2 N–H and O–H groups in total. The van der Waals surface area contributed by atoms with Gasteiger partial charge in [0, 0.05) is 0 Å². The Kier molecular flexibility index (Phi) is 6.09. The van der Waals surface area contributed by atoms with Crippen molar-refractivity contribution in [3.8, 4) is 0 Å². The van der Waals surface area contributed by atoms with E-state index in [1.54, 1.807) is 12.1 Å². The predicted octanol–water partition coefficient (Wildman–Crippen LogP) is 2.76. The molecule has 0 aromatic heterocycles. The monoisotopic (exact) mass is 327 g/mol. The lowest BCUT2D eigenvalue weighted by atomic mass is 10.0. The number of aryl methyl sites for hydroxylation is 2. The molecular weight excluding hydrogens is 306 g/mol. The molecule has 2 rings (SSSR count). The molecule has 0 radical (unpaired) electrons. The second-order valence-corrected chi connectivity index (χ2v) is 5.66. The molecular formula is C19H21NO4. The van der Waals surface area contributed by atoms with E-state index in [-0.39, 0.29) is 6.61 Å². The van der Waals surface area contributed by atoms with Gasteiger partial charge in [0.2, 0.25) is 5.91 Å². The van der Waals surface area contributed by atoms with Gasteiger partial charge in [-0.05, 0) is 36.1 Å². The van der Waals surface area contributed by atoms with E-state index in [1.165, 1.54) is 0 Å². The Morgan fingerprint density at radius 3 is 2.42 bits per heavy atom. The molecule has 0 saturated heterocycles. The summed E-state index contributed by atoms with van der Waals surface area (Å²) in [5.41, 5.74) is 3.55. The van der Waals surface area contributed by atoms with Gasteiger partial charge in [-0.2, -0.15) is 0 Å². The van der Waals surface area contributed by atoms with Crippen LogP contribution in [-0.4, -0.2) is 23.6 Å². The summed E-state index contributed by atoms with van der Waals surface area (Å²) in [6.07, 6.45) is 0. The summed E-state index contributed by atoms with van der Waals surface area (Å²) in [6.45, 7) is 3.96. The number of carboxylic acid groups (broad SMARTS) is 1. The first kappa shape index (κ1) is 17.7. The molecule has 126 valence electrons. The smallest absolute Gasteiger partial charge is 0.330 e. The van der Waals surface area contributed by atoms with E-state index in [0.717, 1.165) is 16.7 Å². The molecule has 1 amide bonds. The third kappa shape index (κ3) is 4.93. The highest BCUT2D eigenvalue weighted by Gasteiger charge is 2.22. The van der Waals surface area contributed by atoms with Gasteiger partial charge in [0.1, 0.15) is 6.61 Å². The van der Waals surface area contributed by atoms with Gasteiger partial charge < -0.3 is 15.2 Å². The second kappa shape index (κ2) is 8.26. The molecule has 5 heteroatoms. The number of amides is 1. The van der Waals surface area contributed by atoms with Gasteiger partial charge in [0.15, 0.2) is 6.04 Å². The Labute approximate surface area is 141 Å². The highest BCUT2D eigenvalue weighted by molar-refractivity contribution is 5.85. The Bertz CT molecular complexity index is 713. The fourth-order valence-electron chi connectivity index (χ4n) is 2.27. The molecule has 0 aliphatic heterocycles. The second-order valence-electron chi connectivity index (χ2n) is 5.66. The van der Waals surface area contributed by atoms with Crippen LogP contribution in [0.25, 0.3) is 0 Å². The lowest BCUT2D eigenvalue weighted by molar-refractivity contribution is -0.142. The maximum atomic E-state index is 12.0. The highest BCUT2D eigenvalue weighted by Crippen LogP contribution is 2.17. The summed E-state index contributed by atoms with van der Waals surface area (Å²) in [6, 6.07) is 13.7. The molecule has 1 unspecified atom stereocenters.